The van der Waals surface area contributed by atoms with Gasteiger partial charge >= 0.3 is 5.97 Å². The highest BCUT2D eigenvalue weighted by molar-refractivity contribution is 5.84. The van der Waals surface area contributed by atoms with E-state index in [1.54, 1.807) is 36.4 Å². The van der Waals surface area contributed by atoms with Gasteiger partial charge in [0.2, 0.25) is 0 Å². The van der Waals surface area contributed by atoms with Gasteiger partial charge in [-0.05, 0) is 29.8 Å². The third-order valence-corrected chi connectivity index (χ3v) is 5.29. The van der Waals surface area contributed by atoms with E-state index in [1.165, 1.54) is 6.26 Å². The fourth-order valence-electron chi connectivity index (χ4n) is 3.76. The molecule has 0 aliphatic carbocycles. The van der Waals surface area contributed by atoms with Crippen molar-refractivity contribution in [1.82, 2.24) is 0 Å². The molecule has 5 rings (SSSR count). The molecule has 2 N–H and O–H groups in total. The van der Waals surface area contributed by atoms with Crippen LogP contribution < -0.4 is 25.0 Å². The number of esters is 1. The fourth-order valence-corrected chi connectivity index (χ4v) is 3.76. The number of hydrogen-bond donors (Lipinski definition) is 1. The van der Waals surface area contributed by atoms with E-state index in [1.807, 2.05) is 5.32 Å². The minimum Gasteiger partial charge on any atom is -0.486 e. The summed E-state index contributed by atoms with van der Waals surface area (Å²) < 4.78 is 22.3. The van der Waals surface area contributed by atoms with Crippen molar-refractivity contribution < 1.29 is 28.7 Å². The first-order chi connectivity index (χ1) is 14.2. The predicted octanol–water partition coefficient (Wildman–Crippen LogP) is 1.86. The molecule has 3 aromatic rings. The molecule has 2 aromatic carbocycles. The number of rotatable bonds is 3. The SMILES string of the molecule is O=C(Oc1ccc2c(=O)c(-c3ccc4c(c3)OCCO4)coc2c1)C1CCC[NH2+]1. The van der Waals surface area contributed by atoms with Gasteiger partial charge in [0.25, 0.3) is 0 Å². The summed E-state index contributed by atoms with van der Waals surface area (Å²) in [6.45, 7) is 1.92. The molecule has 0 bridgehead atoms. The summed E-state index contributed by atoms with van der Waals surface area (Å²) in [4.78, 5) is 25.2. The van der Waals surface area contributed by atoms with Gasteiger partial charge < -0.3 is 23.9 Å². The van der Waals surface area contributed by atoms with Gasteiger partial charge in [-0.15, -0.1) is 0 Å². The molecule has 0 saturated carbocycles. The molecule has 2 aliphatic heterocycles. The zero-order valence-electron chi connectivity index (χ0n) is 15.7. The topological polar surface area (TPSA) is 91.6 Å². The number of nitrogens with two attached hydrogens (primary N) is 1. The molecular weight excluding hydrogens is 374 g/mol. The van der Waals surface area contributed by atoms with Crippen molar-refractivity contribution in [2.75, 3.05) is 19.8 Å². The van der Waals surface area contributed by atoms with Crippen molar-refractivity contribution in [3.63, 3.8) is 0 Å². The van der Waals surface area contributed by atoms with Crippen LogP contribution in [-0.4, -0.2) is 31.8 Å². The Morgan fingerprint density at radius 3 is 2.76 bits per heavy atom. The first-order valence-electron chi connectivity index (χ1n) is 9.70. The van der Waals surface area contributed by atoms with E-state index in [-0.39, 0.29) is 17.4 Å². The summed E-state index contributed by atoms with van der Waals surface area (Å²) in [6, 6.07) is 10.0. The Balaban J connectivity index is 1.46. The molecule has 0 amide bonds. The maximum absolute atomic E-state index is 13.0. The molecule has 0 radical (unpaired) electrons. The molecule has 2 aliphatic rings. The summed E-state index contributed by atoms with van der Waals surface area (Å²) >= 11 is 0. The Bertz CT molecular complexity index is 1150. The highest BCUT2D eigenvalue weighted by atomic mass is 16.6. The van der Waals surface area contributed by atoms with Crippen LogP contribution in [0.4, 0.5) is 0 Å². The summed E-state index contributed by atoms with van der Waals surface area (Å²) in [5.74, 6) is 1.38. The monoisotopic (exact) mass is 394 g/mol. The van der Waals surface area contributed by atoms with Crippen LogP contribution in [0.5, 0.6) is 17.2 Å². The highest BCUT2D eigenvalue weighted by Gasteiger charge is 2.28. The quantitative estimate of drug-likeness (QED) is 0.539. The number of hydrogen-bond acceptors (Lipinski definition) is 6. The van der Waals surface area contributed by atoms with E-state index in [4.69, 9.17) is 18.6 Å². The summed E-state index contributed by atoms with van der Waals surface area (Å²) in [6.07, 6.45) is 3.25. The predicted molar refractivity (Wildman–Crippen MR) is 104 cm³/mol. The first kappa shape index (κ1) is 17.8. The van der Waals surface area contributed by atoms with Crippen LogP contribution in [0.1, 0.15) is 12.8 Å². The van der Waals surface area contributed by atoms with Crippen molar-refractivity contribution >= 4 is 16.9 Å². The maximum atomic E-state index is 13.0. The van der Waals surface area contributed by atoms with Gasteiger partial charge in [0.15, 0.2) is 23.0 Å². The number of benzene rings is 2. The third kappa shape index (κ3) is 3.34. The second-order valence-electron chi connectivity index (χ2n) is 7.19. The lowest BCUT2D eigenvalue weighted by Crippen LogP contribution is -2.88. The Kier molecular flexibility index (Phi) is 4.44. The van der Waals surface area contributed by atoms with Crippen molar-refractivity contribution in [2.45, 2.75) is 18.9 Å². The highest BCUT2D eigenvalue weighted by Crippen LogP contribution is 2.34. The number of fused-ring (bicyclic) bond motifs is 2. The van der Waals surface area contributed by atoms with E-state index in [0.29, 0.717) is 52.6 Å². The van der Waals surface area contributed by atoms with E-state index < -0.39 is 0 Å². The van der Waals surface area contributed by atoms with Crippen LogP contribution in [0.2, 0.25) is 0 Å². The zero-order chi connectivity index (χ0) is 19.8. The standard InChI is InChI=1S/C22H19NO6/c24-21-15-5-4-14(29-22(25)17-2-1-7-23-17)11-19(15)28-12-16(21)13-3-6-18-20(10-13)27-9-8-26-18/h3-6,10-12,17,23H,1-2,7-9H2/p+1. The lowest BCUT2D eigenvalue weighted by Gasteiger charge is -2.18. The molecule has 29 heavy (non-hydrogen) atoms. The number of carbonyl (C=O) groups excluding carboxylic acids is 1. The minimum atomic E-state index is -0.267. The van der Waals surface area contributed by atoms with Crippen LogP contribution >= 0.6 is 0 Å². The Labute approximate surface area is 166 Å². The molecule has 1 atom stereocenters. The normalized spacial score (nSPS) is 18.0. The molecule has 1 fully saturated rings. The Hall–Kier alpha value is -3.32. The molecule has 7 heteroatoms. The van der Waals surface area contributed by atoms with Crippen molar-refractivity contribution in [3.05, 3.63) is 52.9 Å². The third-order valence-electron chi connectivity index (χ3n) is 5.29. The van der Waals surface area contributed by atoms with Gasteiger partial charge in [-0.3, -0.25) is 4.79 Å². The van der Waals surface area contributed by atoms with Gasteiger partial charge in [-0.1, -0.05) is 6.07 Å². The molecule has 1 aromatic heterocycles. The lowest BCUT2D eigenvalue weighted by molar-refractivity contribution is -0.658. The minimum absolute atomic E-state index is 0.157. The molecule has 3 heterocycles. The largest absolute Gasteiger partial charge is 0.486 e. The van der Waals surface area contributed by atoms with Gasteiger partial charge in [-0.2, -0.15) is 0 Å². The average molecular weight is 394 g/mol. The number of ether oxygens (including phenoxy) is 3. The van der Waals surface area contributed by atoms with Crippen LogP contribution in [-0.2, 0) is 4.79 Å². The Morgan fingerprint density at radius 1 is 1.07 bits per heavy atom. The Morgan fingerprint density at radius 2 is 1.93 bits per heavy atom. The summed E-state index contributed by atoms with van der Waals surface area (Å²) in [5, 5.41) is 2.41. The lowest BCUT2D eigenvalue weighted by atomic mass is 10.0. The molecule has 7 nitrogen and oxygen atoms in total. The smallest absolute Gasteiger partial charge is 0.370 e. The first-order valence-corrected chi connectivity index (χ1v) is 9.70. The second kappa shape index (κ2) is 7.25. The van der Waals surface area contributed by atoms with E-state index in [9.17, 15) is 9.59 Å². The zero-order valence-corrected chi connectivity index (χ0v) is 15.7. The maximum Gasteiger partial charge on any atom is 0.370 e. The number of quaternary nitrogens is 1. The van der Waals surface area contributed by atoms with Crippen LogP contribution in [0.25, 0.3) is 22.1 Å². The van der Waals surface area contributed by atoms with Gasteiger partial charge in [0.05, 0.1) is 17.5 Å². The van der Waals surface area contributed by atoms with Gasteiger partial charge in [0, 0.05) is 18.9 Å². The van der Waals surface area contributed by atoms with Crippen molar-refractivity contribution in [1.29, 1.82) is 0 Å². The molecule has 148 valence electrons. The van der Waals surface area contributed by atoms with E-state index in [0.717, 1.165) is 19.4 Å². The van der Waals surface area contributed by atoms with Crippen molar-refractivity contribution in [3.8, 4) is 28.4 Å². The van der Waals surface area contributed by atoms with Crippen molar-refractivity contribution in [2.24, 2.45) is 0 Å². The van der Waals surface area contributed by atoms with Crippen LogP contribution in [0, 0.1) is 0 Å². The van der Waals surface area contributed by atoms with E-state index >= 15 is 0 Å². The van der Waals surface area contributed by atoms with Gasteiger partial charge in [-0.25, -0.2) is 4.79 Å². The number of carbonyl (C=O) groups is 1. The molecule has 0 spiro atoms. The van der Waals surface area contributed by atoms with Gasteiger partial charge in [0.1, 0.15) is 30.8 Å². The summed E-state index contributed by atoms with van der Waals surface area (Å²) in [7, 11) is 0. The summed E-state index contributed by atoms with van der Waals surface area (Å²) in [5.41, 5.74) is 1.33. The second-order valence-corrected chi connectivity index (χ2v) is 7.19. The molecule has 1 saturated heterocycles. The van der Waals surface area contributed by atoms with Crippen LogP contribution in [0.3, 0.4) is 0 Å². The average Bonchev–Trinajstić information content (AvgIpc) is 3.29. The molecular formula is C22H20NO6+. The molecule has 1 unspecified atom stereocenters. The fraction of sp³-hybridized carbons (Fsp3) is 0.273. The van der Waals surface area contributed by atoms with Crippen LogP contribution in [0.15, 0.2) is 51.9 Å². The van der Waals surface area contributed by atoms with E-state index in [2.05, 4.69) is 0 Å².